The maximum absolute atomic E-state index is 12.5. The summed E-state index contributed by atoms with van der Waals surface area (Å²) in [6.45, 7) is 8.25. The first-order valence-electron chi connectivity index (χ1n) is 11.6. The lowest BCUT2D eigenvalue weighted by atomic mass is 9.87. The van der Waals surface area contributed by atoms with E-state index in [1.807, 2.05) is 24.3 Å². The first kappa shape index (κ1) is 24.7. The monoisotopic (exact) mass is 481 g/mol. The standard InChI is InChI=1S/C26H31N3O6/c1-15(30)16-6-5-7-19(12-16)28-25(32)35-21-14-34-22-20(13-33-23(21)22)29-24(31)27-18-10-8-17(9-11-18)26(2,3)4/h5-12,20-23H,13-14H2,1-4H3,(H,28,32)(H2,27,29,31). The molecule has 2 aliphatic rings. The van der Waals surface area contributed by atoms with Crippen molar-refractivity contribution in [3.05, 3.63) is 59.7 Å². The lowest BCUT2D eigenvalue weighted by Gasteiger charge is -2.20. The Bertz CT molecular complexity index is 1100. The molecule has 3 N–H and O–H groups in total. The van der Waals surface area contributed by atoms with Crippen LogP contribution in [0.2, 0.25) is 0 Å². The molecular formula is C26H31N3O6. The van der Waals surface area contributed by atoms with Gasteiger partial charge in [-0.25, -0.2) is 9.59 Å². The van der Waals surface area contributed by atoms with Gasteiger partial charge in [-0.2, -0.15) is 0 Å². The van der Waals surface area contributed by atoms with Crippen LogP contribution in [0, 0.1) is 0 Å². The van der Waals surface area contributed by atoms with Gasteiger partial charge < -0.3 is 24.8 Å². The Morgan fingerprint density at radius 2 is 1.63 bits per heavy atom. The van der Waals surface area contributed by atoms with E-state index in [2.05, 4.69) is 36.7 Å². The van der Waals surface area contributed by atoms with Gasteiger partial charge in [0.1, 0.15) is 12.2 Å². The molecule has 9 nitrogen and oxygen atoms in total. The van der Waals surface area contributed by atoms with Crippen molar-refractivity contribution in [2.24, 2.45) is 0 Å². The number of ether oxygens (including phenoxy) is 3. The Morgan fingerprint density at radius 3 is 2.31 bits per heavy atom. The SMILES string of the molecule is CC(=O)c1cccc(NC(=O)OC2COC3C(NC(=O)Nc4ccc(C(C)(C)C)cc4)COC23)c1. The molecule has 4 unspecified atom stereocenters. The van der Waals surface area contributed by atoms with Crippen molar-refractivity contribution < 1.29 is 28.6 Å². The highest BCUT2D eigenvalue weighted by molar-refractivity contribution is 5.96. The molecule has 0 bridgehead atoms. The van der Waals surface area contributed by atoms with Gasteiger partial charge in [-0.3, -0.25) is 10.1 Å². The topological polar surface area (TPSA) is 115 Å². The highest BCUT2D eigenvalue weighted by Gasteiger charge is 2.50. The maximum Gasteiger partial charge on any atom is 0.412 e. The predicted octanol–water partition coefficient (Wildman–Crippen LogP) is 4.09. The summed E-state index contributed by atoms with van der Waals surface area (Å²) < 4.78 is 17.1. The Hall–Kier alpha value is -3.43. The second-order valence-corrected chi connectivity index (χ2v) is 9.83. The third kappa shape index (κ3) is 5.98. The zero-order chi connectivity index (χ0) is 25.2. The third-order valence-electron chi connectivity index (χ3n) is 6.11. The molecule has 0 aliphatic carbocycles. The second-order valence-electron chi connectivity index (χ2n) is 9.83. The van der Waals surface area contributed by atoms with Gasteiger partial charge in [0.2, 0.25) is 0 Å². The number of amides is 3. The number of nitrogens with one attached hydrogen (secondary N) is 3. The van der Waals surface area contributed by atoms with Crippen LogP contribution < -0.4 is 16.0 Å². The number of hydrogen-bond acceptors (Lipinski definition) is 6. The fourth-order valence-corrected chi connectivity index (χ4v) is 4.18. The van der Waals surface area contributed by atoms with Gasteiger partial charge in [0, 0.05) is 16.9 Å². The molecule has 2 fully saturated rings. The van der Waals surface area contributed by atoms with E-state index in [0.29, 0.717) is 16.9 Å². The summed E-state index contributed by atoms with van der Waals surface area (Å²) in [5.74, 6) is -0.0992. The fraction of sp³-hybridized carbons (Fsp3) is 0.423. The van der Waals surface area contributed by atoms with Crippen molar-refractivity contribution in [1.29, 1.82) is 0 Å². The van der Waals surface area contributed by atoms with E-state index in [1.165, 1.54) is 12.5 Å². The minimum Gasteiger partial charge on any atom is -0.441 e. The Balaban J connectivity index is 1.27. The van der Waals surface area contributed by atoms with Crippen LogP contribution in [0.5, 0.6) is 0 Å². The van der Waals surface area contributed by atoms with Crippen LogP contribution in [0.1, 0.15) is 43.6 Å². The van der Waals surface area contributed by atoms with Crippen LogP contribution in [-0.4, -0.2) is 55.5 Å². The van der Waals surface area contributed by atoms with Gasteiger partial charge in [-0.05, 0) is 42.2 Å². The van der Waals surface area contributed by atoms with Gasteiger partial charge in [0.25, 0.3) is 0 Å². The zero-order valence-electron chi connectivity index (χ0n) is 20.3. The molecule has 0 saturated carbocycles. The molecule has 0 radical (unpaired) electrons. The average Bonchev–Trinajstić information content (AvgIpc) is 3.37. The first-order chi connectivity index (χ1) is 16.6. The van der Waals surface area contributed by atoms with E-state index in [4.69, 9.17) is 14.2 Å². The number of carbonyl (C=O) groups excluding carboxylic acids is 3. The molecule has 2 aromatic rings. The molecule has 2 aromatic carbocycles. The summed E-state index contributed by atoms with van der Waals surface area (Å²) >= 11 is 0. The van der Waals surface area contributed by atoms with Crippen LogP contribution in [0.25, 0.3) is 0 Å². The van der Waals surface area contributed by atoms with Crippen molar-refractivity contribution in [3.8, 4) is 0 Å². The number of anilines is 2. The van der Waals surface area contributed by atoms with Crippen molar-refractivity contribution in [2.75, 3.05) is 23.8 Å². The van der Waals surface area contributed by atoms with Crippen LogP contribution in [0.4, 0.5) is 21.0 Å². The number of carbonyl (C=O) groups is 3. The summed E-state index contributed by atoms with van der Waals surface area (Å²) in [7, 11) is 0. The van der Waals surface area contributed by atoms with Crippen LogP contribution in [0.15, 0.2) is 48.5 Å². The van der Waals surface area contributed by atoms with E-state index in [1.54, 1.807) is 24.3 Å². The van der Waals surface area contributed by atoms with Crippen molar-refractivity contribution in [2.45, 2.75) is 57.5 Å². The summed E-state index contributed by atoms with van der Waals surface area (Å²) in [4.78, 5) is 36.4. The van der Waals surface area contributed by atoms with Gasteiger partial charge >= 0.3 is 12.1 Å². The number of urea groups is 1. The lowest BCUT2D eigenvalue weighted by molar-refractivity contribution is 0.00873. The minimum absolute atomic E-state index is 0.0326. The number of fused-ring (bicyclic) bond motifs is 1. The predicted molar refractivity (Wildman–Crippen MR) is 131 cm³/mol. The summed E-state index contributed by atoms with van der Waals surface area (Å²) in [5, 5.41) is 8.34. The molecule has 4 atom stereocenters. The molecule has 0 spiro atoms. The number of ketones is 1. The van der Waals surface area contributed by atoms with E-state index in [-0.39, 0.29) is 36.5 Å². The van der Waals surface area contributed by atoms with Gasteiger partial charge in [0.05, 0.1) is 19.3 Å². The van der Waals surface area contributed by atoms with E-state index in [9.17, 15) is 14.4 Å². The second kappa shape index (κ2) is 10.1. The van der Waals surface area contributed by atoms with Crippen LogP contribution in [-0.2, 0) is 19.6 Å². The lowest BCUT2D eigenvalue weighted by Crippen LogP contribution is -2.46. The van der Waals surface area contributed by atoms with E-state index < -0.39 is 24.4 Å². The van der Waals surface area contributed by atoms with Crippen LogP contribution >= 0.6 is 0 Å². The minimum atomic E-state index is -0.670. The molecule has 4 rings (SSSR count). The van der Waals surface area contributed by atoms with E-state index >= 15 is 0 Å². The van der Waals surface area contributed by atoms with Gasteiger partial charge in [-0.1, -0.05) is 45.0 Å². The summed E-state index contributed by atoms with van der Waals surface area (Å²) in [6, 6.07) is 13.6. The van der Waals surface area contributed by atoms with Crippen molar-refractivity contribution in [1.82, 2.24) is 5.32 Å². The summed E-state index contributed by atoms with van der Waals surface area (Å²) in [6.07, 6.45) is -2.20. The average molecular weight is 482 g/mol. The molecule has 2 aliphatic heterocycles. The third-order valence-corrected chi connectivity index (χ3v) is 6.11. The largest absolute Gasteiger partial charge is 0.441 e. The zero-order valence-corrected chi connectivity index (χ0v) is 20.3. The fourth-order valence-electron chi connectivity index (χ4n) is 4.18. The summed E-state index contributed by atoms with van der Waals surface area (Å²) in [5.41, 5.74) is 2.84. The quantitative estimate of drug-likeness (QED) is 0.554. The highest BCUT2D eigenvalue weighted by atomic mass is 16.6. The smallest absolute Gasteiger partial charge is 0.412 e. The number of Topliss-reactive ketones (excluding diaryl/α,β-unsaturated/α-hetero) is 1. The first-order valence-corrected chi connectivity index (χ1v) is 11.6. The Morgan fingerprint density at radius 1 is 0.914 bits per heavy atom. The Labute approximate surface area is 204 Å². The van der Waals surface area contributed by atoms with Crippen LogP contribution in [0.3, 0.4) is 0 Å². The van der Waals surface area contributed by atoms with Crippen molar-refractivity contribution >= 4 is 29.3 Å². The Kier molecular flexibility index (Phi) is 7.09. The molecule has 186 valence electrons. The maximum atomic E-state index is 12.5. The number of hydrogen-bond donors (Lipinski definition) is 3. The normalized spacial score (nSPS) is 23.3. The molecule has 2 saturated heterocycles. The molecular weight excluding hydrogens is 450 g/mol. The molecule has 0 aromatic heterocycles. The highest BCUT2D eigenvalue weighted by Crippen LogP contribution is 2.29. The molecule has 3 amide bonds. The molecule has 9 heteroatoms. The molecule has 2 heterocycles. The van der Waals surface area contributed by atoms with Gasteiger partial charge in [-0.15, -0.1) is 0 Å². The van der Waals surface area contributed by atoms with Gasteiger partial charge in [0.15, 0.2) is 11.9 Å². The molecule has 35 heavy (non-hydrogen) atoms. The van der Waals surface area contributed by atoms with E-state index in [0.717, 1.165) is 0 Å². The van der Waals surface area contributed by atoms with Crippen molar-refractivity contribution in [3.63, 3.8) is 0 Å². The number of rotatable bonds is 5. The number of benzene rings is 2.